The molecule has 0 bridgehead atoms. The summed E-state index contributed by atoms with van der Waals surface area (Å²) in [5, 5.41) is 12.4. The molecule has 2 heterocycles. The normalized spacial score (nSPS) is 24.8. The van der Waals surface area contributed by atoms with Gasteiger partial charge >= 0.3 is 12.0 Å². The quantitative estimate of drug-likeness (QED) is 0.882. The molecule has 1 aromatic rings. The Hall–Kier alpha value is -2.24. The fraction of sp³-hybridized carbons (Fsp3) is 0.579. The van der Waals surface area contributed by atoms with Crippen LogP contribution in [0.15, 0.2) is 30.3 Å². The first-order chi connectivity index (χ1) is 12.0. The highest BCUT2D eigenvalue weighted by Crippen LogP contribution is 2.23. The highest BCUT2D eigenvalue weighted by atomic mass is 16.4. The highest BCUT2D eigenvalue weighted by molar-refractivity contribution is 5.77. The van der Waals surface area contributed by atoms with Gasteiger partial charge in [-0.1, -0.05) is 25.1 Å². The third-order valence-corrected chi connectivity index (χ3v) is 5.24. The average Bonchev–Trinajstić information content (AvgIpc) is 2.62. The maximum Gasteiger partial charge on any atom is 0.317 e. The summed E-state index contributed by atoms with van der Waals surface area (Å²) in [4.78, 5) is 27.8. The molecule has 6 nitrogen and oxygen atoms in total. The Morgan fingerprint density at radius 3 is 2.44 bits per heavy atom. The third-order valence-electron chi connectivity index (χ3n) is 5.24. The van der Waals surface area contributed by atoms with Crippen molar-refractivity contribution in [2.75, 3.05) is 31.1 Å². The lowest BCUT2D eigenvalue weighted by atomic mass is 9.91. The Morgan fingerprint density at radius 1 is 1.12 bits per heavy atom. The number of rotatable bonds is 3. The second-order valence-corrected chi connectivity index (χ2v) is 7.33. The molecular formula is C19H27N3O3. The second kappa shape index (κ2) is 7.76. The van der Waals surface area contributed by atoms with Gasteiger partial charge in [-0.25, -0.2) is 4.79 Å². The minimum Gasteiger partial charge on any atom is -0.481 e. The molecule has 2 aliphatic heterocycles. The summed E-state index contributed by atoms with van der Waals surface area (Å²) in [5.74, 6) is -1.03. The number of carbonyl (C=O) groups is 2. The van der Waals surface area contributed by atoms with Crippen LogP contribution in [0.5, 0.6) is 0 Å². The lowest BCUT2D eigenvalue weighted by Crippen LogP contribution is -2.53. The number of piperidine rings is 2. The molecule has 1 aromatic carbocycles. The molecule has 3 rings (SSSR count). The van der Waals surface area contributed by atoms with Crippen molar-refractivity contribution in [2.45, 2.75) is 32.2 Å². The summed E-state index contributed by atoms with van der Waals surface area (Å²) in [6, 6.07) is 10.4. The minimum atomic E-state index is -0.805. The van der Waals surface area contributed by atoms with Gasteiger partial charge < -0.3 is 20.2 Å². The number of aliphatic carboxylic acids is 1. The van der Waals surface area contributed by atoms with Crippen LogP contribution in [0.3, 0.4) is 0 Å². The predicted molar refractivity (Wildman–Crippen MR) is 96.7 cm³/mol. The number of carboxylic acids is 1. The van der Waals surface area contributed by atoms with Crippen LogP contribution in [-0.4, -0.2) is 54.2 Å². The second-order valence-electron chi connectivity index (χ2n) is 7.33. The molecule has 0 spiro atoms. The molecular weight excluding hydrogens is 318 g/mol. The molecule has 2 saturated heterocycles. The number of likely N-dealkylation sites (tertiary alicyclic amines) is 1. The largest absolute Gasteiger partial charge is 0.481 e. The molecule has 0 aromatic heterocycles. The first kappa shape index (κ1) is 17.6. The fourth-order valence-corrected chi connectivity index (χ4v) is 3.88. The number of hydrogen-bond donors (Lipinski definition) is 2. The standard InChI is InChI=1S/C19H27N3O3/c1-14-11-15(18(23)24)13-22(12-14)19(25)20-16-7-9-21(10-8-16)17-5-3-2-4-6-17/h2-6,14-16H,7-13H2,1H3,(H,20,25)(H,23,24). The van der Waals surface area contributed by atoms with Crippen LogP contribution in [-0.2, 0) is 4.79 Å². The van der Waals surface area contributed by atoms with Gasteiger partial charge in [-0.3, -0.25) is 4.79 Å². The van der Waals surface area contributed by atoms with Gasteiger partial charge in [0.25, 0.3) is 0 Å². The molecule has 0 saturated carbocycles. The number of carboxylic acid groups (broad SMARTS) is 1. The van der Waals surface area contributed by atoms with Crippen LogP contribution in [0.4, 0.5) is 10.5 Å². The molecule has 2 atom stereocenters. The van der Waals surface area contributed by atoms with E-state index in [-0.39, 0.29) is 18.0 Å². The summed E-state index contributed by atoms with van der Waals surface area (Å²) in [6.07, 6.45) is 2.47. The van der Waals surface area contributed by atoms with Gasteiger partial charge in [0, 0.05) is 37.9 Å². The zero-order valence-electron chi connectivity index (χ0n) is 14.7. The molecule has 2 amide bonds. The summed E-state index contributed by atoms with van der Waals surface area (Å²) in [5.41, 5.74) is 1.22. The van der Waals surface area contributed by atoms with Crippen molar-refractivity contribution in [1.82, 2.24) is 10.2 Å². The van der Waals surface area contributed by atoms with Gasteiger partial charge in [0.15, 0.2) is 0 Å². The van der Waals surface area contributed by atoms with E-state index in [9.17, 15) is 14.7 Å². The summed E-state index contributed by atoms with van der Waals surface area (Å²) >= 11 is 0. The van der Waals surface area contributed by atoms with Crippen molar-refractivity contribution in [3.05, 3.63) is 30.3 Å². The molecule has 2 fully saturated rings. The van der Waals surface area contributed by atoms with E-state index in [2.05, 4.69) is 22.3 Å². The van der Waals surface area contributed by atoms with Gasteiger partial charge in [-0.2, -0.15) is 0 Å². The van der Waals surface area contributed by atoms with Crippen molar-refractivity contribution in [2.24, 2.45) is 11.8 Å². The molecule has 0 radical (unpaired) electrons. The van der Waals surface area contributed by atoms with E-state index in [4.69, 9.17) is 0 Å². The Labute approximate surface area is 148 Å². The summed E-state index contributed by atoms with van der Waals surface area (Å²) in [6.45, 7) is 4.80. The predicted octanol–water partition coefficient (Wildman–Crippen LogP) is 2.41. The highest BCUT2D eigenvalue weighted by Gasteiger charge is 2.33. The molecule has 2 N–H and O–H groups in total. The molecule has 6 heteroatoms. The lowest BCUT2D eigenvalue weighted by molar-refractivity contribution is -0.143. The smallest absolute Gasteiger partial charge is 0.317 e. The van der Waals surface area contributed by atoms with Gasteiger partial charge in [0.1, 0.15) is 0 Å². The van der Waals surface area contributed by atoms with Crippen molar-refractivity contribution in [1.29, 1.82) is 0 Å². The monoisotopic (exact) mass is 345 g/mol. The van der Waals surface area contributed by atoms with Crippen LogP contribution in [0.1, 0.15) is 26.2 Å². The van der Waals surface area contributed by atoms with Crippen molar-refractivity contribution in [3.8, 4) is 0 Å². The van der Waals surface area contributed by atoms with Crippen molar-refractivity contribution >= 4 is 17.7 Å². The molecule has 136 valence electrons. The number of urea groups is 1. The Balaban J connectivity index is 1.50. The van der Waals surface area contributed by atoms with Gasteiger partial charge in [-0.15, -0.1) is 0 Å². The lowest BCUT2D eigenvalue weighted by Gasteiger charge is -2.38. The topological polar surface area (TPSA) is 72.9 Å². The van der Waals surface area contributed by atoms with Gasteiger partial charge in [0.05, 0.1) is 5.92 Å². The zero-order chi connectivity index (χ0) is 17.8. The molecule has 2 unspecified atom stereocenters. The Morgan fingerprint density at radius 2 is 1.80 bits per heavy atom. The molecule has 0 aliphatic carbocycles. The van der Waals surface area contributed by atoms with E-state index in [0.29, 0.717) is 19.5 Å². The van der Waals surface area contributed by atoms with E-state index in [1.165, 1.54) is 5.69 Å². The van der Waals surface area contributed by atoms with Crippen LogP contribution in [0, 0.1) is 11.8 Å². The average molecular weight is 345 g/mol. The molecule has 2 aliphatic rings. The first-order valence-corrected chi connectivity index (χ1v) is 9.11. The Kier molecular flexibility index (Phi) is 5.46. The number of nitrogens with zero attached hydrogens (tertiary/aromatic N) is 2. The number of carbonyl (C=O) groups excluding carboxylic acids is 1. The van der Waals surface area contributed by atoms with Crippen molar-refractivity contribution in [3.63, 3.8) is 0 Å². The maximum atomic E-state index is 12.5. The number of anilines is 1. The molecule has 25 heavy (non-hydrogen) atoms. The van der Waals surface area contributed by atoms with Crippen LogP contribution >= 0.6 is 0 Å². The van der Waals surface area contributed by atoms with Gasteiger partial charge in [0.2, 0.25) is 0 Å². The number of amides is 2. The van der Waals surface area contributed by atoms with E-state index in [1.807, 2.05) is 25.1 Å². The van der Waals surface area contributed by atoms with Crippen LogP contribution in [0.2, 0.25) is 0 Å². The SMILES string of the molecule is CC1CC(C(=O)O)CN(C(=O)NC2CCN(c3ccccc3)CC2)C1. The summed E-state index contributed by atoms with van der Waals surface area (Å²) in [7, 11) is 0. The van der Waals surface area contributed by atoms with E-state index >= 15 is 0 Å². The minimum absolute atomic E-state index is 0.115. The fourth-order valence-electron chi connectivity index (χ4n) is 3.88. The van der Waals surface area contributed by atoms with E-state index in [0.717, 1.165) is 25.9 Å². The first-order valence-electron chi connectivity index (χ1n) is 9.11. The van der Waals surface area contributed by atoms with Crippen LogP contribution < -0.4 is 10.2 Å². The zero-order valence-corrected chi connectivity index (χ0v) is 14.7. The third kappa shape index (κ3) is 4.44. The number of hydrogen-bond acceptors (Lipinski definition) is 3. The number of para-hydroxylation sites is 1. The number of nitrogens with one attached hydrogen (secondary N) is 1. The van der Waals surface area contributed by atoms with E-state index < -0.39 is 11.9 Å². The summed E-state index contributed by atoms with van der Waals surface area (Å²) < 4.78 is 0. The van der Waals surface area contributed by atoms with Gasteiger partial charge in [-0.05, 0) is 37.3 Å². The van der Waals surface area contributed by atoms with E-state index in [1.54, 1.807) is 4.90 Å². The van der Waals surface area contributed by atoms with Crippen molar-refractivity contribution < 1.29 is 14.7 Å². The number of benzene rings is 1. The van der Waals surface area contributed by atoms with Crippen LogP contribution in [0.25, 0.3) is 0 Å². The maximum absolute atomic E-state index is 12.5. The Bertz CT molecular complexity index is 599.